The zero-order valence-electron chi connectivity index (χ0n) is 15.2. The Morgan fingerprint density at radius 2 is 2.07 bits per heavy atom. The van der Waals surface area contributed by atoms with E-state index in [0.717, 1.165) is 18.9 Å². The van der Waals surface area contributed by atoms with Gasteiger partial charge in [-0.05, 0) is 55.4 Å². The summed E-state index contributed by atoms with van der Waals surface area (Å²) in [7, 11) is 0. The first-order valence-corrected chi connectivity index (χ1v) is 9.99. The summed E-state index contributed by atoms with van der Waals surface area (Å²) in [5.74, 6) is 0.798. The van der Waals surface area contributed by atoms with Crippen LogP contribution in [0.3, 0.4) is 0 Å². The van der Waals surface area contributed by atoms with Gasteiger partial charge in [0, 0.05) is 10.9 Å². The average Bonchev–Trinajstić information content (AvgIpc) is 3.10. The molecule has 4 rings (SSSR count). The zero-order chi connectivity index (χ0) is 20.6. The number of alkyl halides is 3. The summed E-state index contributed by atoms with van der Waals surface area (Å²) in [6.07, 6.45) is 4.36. The van der Waals surface area contributed by atoms with Gasteiger partial charge in [-0.3, -0.25) is 4.57 Å². The normalized spacial score (nSPS) is 24.1. The maximum Gasteiger partial charge on any atom is 0.425 e. The Morgan fingerprint density at radius 1 is 1.28 bits per heavy atom. The molecular formula is C19H18F4N4OS. The van der Waals surface area contributed by atoms with Crippen LogP contribution in [0.2, 0.25) is 0 Å². The van der Waals surface area contributed by atoms with Gasteiger partial charge >= 0.3 is 11.9 Å². The standard InChI is InChI=1S/C19H18F4N4OS/c20-13-3-1-11(2-4-13)12-7-14(8-12)25-17-24-10-27(18(28)26-17)9-15-5-6-16(29-15)19(21,22)23/h1,3-6,10-12,14H,2,7-9H2,(H,25,26,28). The van der Waals surface area contributed by atoms with Gasteiger partial charge in [0.2, 0.25) is 5.95 Å². The lowest BCUT2D eigenvalue weighted by Gasteiger charge is -2.40. The second-order valence-electron chi connectivity index (χ2n) is 7.27. The summed E-state index contributed by atoms with van der Waals surface area (Å²) in [6.45, 7) is -0.0105. The van der Waals surface area contributed by atoms with Crippen molar-refractivity contribution in [2.45, 2.75) is 38.0 Å². The van der Waals surface area contributed by atoms with Crippen LogP contribution in [-0.4, -0.2) is 20.6 Å². The molecule has 0 aliphatic heterocycles. The molecule has 0 saturated heterocycles. The molecule has 0 spiro atoms. The predicted octanol–water partition coefficient (Wildman–Crippen LogP) is 4.39. The Labute approximate surface area is 167 Å². The third-order valence-corrected chi connectivity index (χ3v) is 6.35. The van der Waals surface area contributed by atoms with Gasteiger partial charge in [-0.15, -0.1) is 11.3 Å². The number of nitrogens with one attached hydrogen (secondary N) is 1. The number of allylic oxidation sites excluding steroid dienone is 4. The van der Waals surface area contributed by atoms with Gasteiger partial charge < -0.3 is 5.32 Å². The van der Waals surface area contributed by atoms with Gasteiger partial charge in [-0.2, -0.15) is 18.2 Å². The Morgan fingerprint density at radius 3 is 2.69 bits per heavy atom. The SMILES string of the molecule is O=c1nc(NC2CC(C3C=CC(F)=CC3)C2)ncn1Cc1ccc(C(F)(F)F)s1. The molecule has 154 valence electrons. The molecule has 2 heterocycles. The zero-order valence-corrected chi connectivity index (χ0v) is 16.0. The fourth-order valence-electron chi connectivity index (χ4n) is 3.59. The van der Waals surface area contributed by atoms with Crippen LogP contribution in [-0.2, 0) is 12.7 Å². The van der Waals surface area contributed by atoms with E-state index in [1.807, 2.05) is 6.08 Å². The van der Waals surface area contributed by atoms with Gasteiger partial charge in [-0.25, -0.2) is 14.2 Å². The van der Waals surface area contributed by atoms with Gasteiger partial charge in [0.05, 0.1) is 6.54 Å². The van der Waals surface area contributed by atoms with Crippen molar-refractivity contribution in [2.75, 3.05) is 5.32 Å². The third kappa shape index (κ3) is 4.58. The molecule has 0 amide bonds. The summed E-state index contributed by atoms with van der Waals surface area (Å²) < 4.78 is 52.3. The first-order chi connectivity index (χ1) is 13.8. The van der Waals surface area contributed by atoms with E-state index in [-0.39, 0.29) is 24.4 Å². The van der Waals surface area contributed by atoms with E-state index in [9.17, 15) is 22.4 Å². The minimum atomic E-state index is -4.39. The maximum atomic E-state index is 13.0. The lowest BCUT2D eigenvalue weighted by Crippen LogP contribution is -2.40. The van der Waals surface area contributed by atoms with Crippen LogP contribution in [0.4, 0.5) is 23.5 Å². The van der Waals surface area contributed by atoms with Crippen LogP contribution in [0.5, 0.6) is 0 Å². The highest BCUT2D eigenvalue weighted by atomic mass is 32.1. The molecule has 5 nitrogen and oxygen atoms in total. The minimum absolute atomic E-state index is 0.0105. The second kappa shape index (κ2) is 7.74. The molecule has 0 radical (unpaired) electrons. The van der Waals surface area contributed by atoms with Gasteiger partial charge in [0.1, 0.15) is 17.0 Å². The van der Waals surface area contributed by atoms with E-state index in [0.29, 0.717) is 34.5 Å². The van der Waals surface area contributed by atoms with Crippen LogP contribution in [0.25, 0.3) is 0 Å². The van der Waals surface area contributed by atoms with Crippen molar-refractivity contribution in [2.24, 2.45) is 11.8 Å². The van der Waals surface area contributed by atoms with E-state index in [1.54, 1.807) is 6.08 Å². The van der Waals surface area contributed by atoms with Crippen LogP contribution in [0.1, 0.15) is 29.0 Å². The van der Waals surface area contributed by atoms with Crippen molar-refractivity contribution in [1.82, 2.24) is 14.5 Å². The summed E-state index contributed by atoms with van der Waals surface area (Å²) >= 11 is 0.596. The van der Waals surface area contributed by atoms with E-state index >= 15 is 0 Å². The van der Waals surface area contributed by atoms with Crippen molar-refractivity contribution in [3.8, 4) is 0 Å². The number of nitrogens with zero attached hydrogens (tertiary/aromatic N) is 3. The smallest absolute Gasteiger partial charge is 0.351 e. The molecule has 2 aliphatic rings. The fraction of sp³-hybridized carbons (Fsp3) is 0.421. The summed E-state index contributed by atoms with van der Waals surface area (Å²) in [5, 5.41) is 3.12. The van der Waals surface area contributed by atoms with Gasteiger partial charge in [0.25, 0.3) is 0 Å². The number of hydrogen-bond donors (Lipinski definition) is 1. The first-order valence-electron chi connectivity index (χ1n) is 9.18. The highest BCUT2D eigenvalue weighted by Crippen LogP contribution is 2.39. The number of aromatic nitrogens is 3. The van der Waals surface area contributed by atoms with E-state index in [2.05, 4.69) is 15.3 Å². The Bertz CT molecular complexity index is 1000. The molecule has 1 saturated carbocycles. The molecule has 2 aromatic heterocycles. The van der Waals surface area contributed by atoms with Crippen molar-refractivity contribution in [3.05, 3.63) is 62.8 Å². The first kappa shape index (κ1) is 19.8. The number of anilines is 1. The molecule has 1 unspecified atom stereocenters. The molecule has 2 aliphatic carbocycles. The number of halogens is 4. The minimum Gasteiger partial charge on any atom is -0.351 e. The van der Waals surface area contributed by atoms with Crippen molar-refractivity contribution in [3.63, 3.8) is 0 Å². The summed E-state index contributed by atoms with van der Waals surface area (Å²) in [5.41, 5.74) is -0.573. The van der Waals surface area contributed by atoms with Crippen molar-refractivity contribution in [1.29, 1.82) is 0 Å². The fourth-order valence-corrected chi connectivity index (χ4v) is 4.46. The second-order valence-corrected chi connectivity index (χ2v) is 8.44. The maximum absolute atomic E-state index is 13.0. The summed E-state index contributed by atoms with van der Waals surface area (Å²) in [4.78, 5) is 19.9. The van der Waals surface area contributed by atoms with Crippen LogP contribution in [0, 0.1) is 11.8 Å². The molecule has 0 bridgehead atoms. The monoisotopic (exact) mass is 426 g/mol. The number of thiophene rings is 1. The third-order valence-electron chi connectivity index (χ3n) is 5.23. The number of rotatable bonds is 5. The van der Waals surface area contributed by atoms with E-state index in [4.69, 9.17) is 0 Å². The number of hydrogen-bond acceptors (Lipinski definition) is 5. The molecule has 1 N–H and O–H groups in total. The largest absolute Gasteiger partial charge is 0.425 e. The van der Waals surface area contributed by atoms with Crippen LogP contribution >= 0.6 is 11.3 Å². The molecule has 0 aromatic carbocycles. The quantitative estimate of drug-likeness (QED) is 0.721. The average molecular weight is 426 g/mol. The van der Waals surface area contributed by atoms with Crippen LogP contribution in [0.15, 0.2) is 47.3 Å². The molecule has 1 fully saturated rings. The van der Waals surface area contributed by atoms with E-state index < -0.39 is 16.7 Å². The predicted molar refractivity (Wildman–Crippen MR) is 101 cm³/mol. The lowest BCUT2D eigenvalue weighted by molar-refractivity contribution is -0.134. The molecule has 10 heteroatoms. The lowest BCUT2D eigenvalue weighted by atomic mass is 9.70. The summed E-state index contributed by atoms with van der Waals surface area (Å²) in [6, 6.07) is 2.49. The molecule has 29 heavy (non-hydrogen) atoms. The molecule has 1 atom stereocenters. The van der Waals surface area contributed by atoms with Gasteiger partial charge in [-0.1, -0.05) is 6.08 Å². The van der Waals surface area contributed by atoms with Gasteiger partial charge in [0.15, 0.2) is 0 Å². The van der Waals surface area contributed by atoms with Crippen LogP contribution < -0.4 is 11.0 Å². The Hall–Kier alpha value is -2.49. The van der Waals surface area contributed by atoms with E-state index in [1.165, 1.54) is 23.0 Å². The Kier molecular flexibility index (Phi) is 5.28. The highest BCUT2D eigenvalue weighted by molar-refractivity contribution is 7.12. The molecular weight excluding hydrogens is 408 g/mol. The van der Waals surface area contributed by atoms with Crippen molar-refractivity contribution < 1.29 is 17.6 Å². The highest BCUT2D eigenvalue weighted by Gasteiger charge is 2.35. The Balaban J connectivity index is 1.32. The molecule has 2 aromatic rings. The van der Waals surface area contributed by atoms with Crippen molar-refractivity contribution >= 4 is 17.3 Å². The topological polar surface area (TPSA) is 59.8 Å².